The van der Waals surface area contributed by atoms with Crippen molar-refractivity contribution in [1.29, 1.82) is 0 Å². The molecule has 0 saturated heterocycles. The molecule has 0 spiro atoms. The van der Waals surface area contributed by atoms with Gasteiger partial charge in [-0.05, 0) is 81.3 Å². The van der Waals surface area contributed by atoms with Gasteiger partial charge in [0.25, 0.3) is 0 Å². The van der Waals surface area contributed by atoms with Gasteiger partial charge in [0, 0.05) is 34.4 Å². The van der Waals surface area contributed by atoms with E-state index in [1.165, 1.54) is 6.07 Å². The number of anilines is 1. The standard InChI is InChI=1S/C28H29ClF3N5O2S/c1-14(2)37-27-20(15-3-6-18(33)7-4-15)12-35-28(34)25(27)26(36-37)19-11-21(30)16(9-22(19)31)13-40(38,39)24-8-5-17(29)10-23(24)32/h5,8-12,14-15,18H,3-4,6-7,13,33H2,1-2H3,(H2,34,35). The number of hydrogen-bond acceptors (Lipinski definition) is 6. The molecule has 4 aromatic rings. The number of sulfone groups is 1. The molecule has 0 unspecified atom stereocenters. The number of pyridine rings is 1. The zero-order chi connectivity index (χ0) is 28.9. The molecule has 1 fully saturated rings. The number of nitrogen functional groups attached to an aromatic ring is 1. The number of aromatic nitrogens is 3. The zero-order valence-electron chi connectivity index (χ0n) is 22.0. The molecule has 2 aromatic heterocycles. The maximum atomic E-state index is 15.6. The molecule has 12 heteroatoms. The molecule has 0 amide bonds. The first kappa shape index (κ1) is 28.4. The van der Waals surface area contributed by atoms with Crippen molar-refractivity contribution >= 4 is 38.2 Å². The number of nitrogens with zero attached hydrogens (tertiary/aromatic N) is 3. The Labute approximate surface area is 235 Å². The Kier molecular flexibility index (Phi) is 7.58. The molecule has 0 radical (unpaired) electrons. The van der Waals surface area contributed by atoms with Gasteiger partial charge in [0.1, 0.15) is 33.9 Å². The molecule has 0 aliphatic heterocycles. The van der Waals surface area contributed by atoms with E-state index < -0.39 is 43.5 Å². The second-order valence-electron chi connectivity index (χ2n) is 10.6. The second kappa shape index (κ2) is 10.7. The lowest BCUT2D eigenvalue weighted by molar-refractivity contribution is 0.395. The van der Waals surface area contributed by atoms with E-state index in [9.17, 15) is 12.8 Å². The average molecular weight is 592 g/mol. The molecule has 1 aliphatic rings. The first-order valence-electron chi connectivity index (χ1n) is 13.0. The van der Waals surface area contributed by atoms with Crippen molar-refractivity contribution in [1.82, 2.24) is 14.8 Å². The lowest BCUT2D eigenvalue weighted by Crippen LogP contribution is -2.26. The number of rotatable bonds is 6. The Bertz CT molecular complexity index is 1720. The molecule has 4 N–H and O–H groups in total. The summed E-state index contributed by atoms with van der Waals surface area (Å²) in [5, 5.41) is 5.06. The van der Waals surface area contributed by atoms with Crippen LogP contribution in [0.15, 0.2) is 41.4 Å². The number of hydrogen-bond donors (Lipinski definition) is 2. The summed E-state index contributed by atoms with van der Waals surface area (Å²) in [6, 6.07) is 4.77. The van der Waals surface area contributed by atoms with Crippen LogP contribution in [-0.2, 0) is 15.6 Å². The molecular weight excluding hydrogens is 563 g/mol. The largest absolute Gasteiger partial charge is 0.383 e. The maximum Gasteiger partial charge on any atom is 0.185 e. The number of fused-ring (bicyclic) bond motifs is 1. The van der Waals surface area contributed by atoms with Crippen LogP contribution >= 0.6 is 11.6 Å². The highest BCUT2D eigenvalue weighted by Gasteiger charge is 2.29. The van der Waals surface area contributed by atoms with Crippen molar-refractivity contribution in [2.24, 2.45) is 5.73 Å². The predicted octanol–water partition coefficient (Wildman–Crippen LogP) is 6.29. The molecule has 5 rings (SSSR count). The molecule has 0 atom stereocenters. The normalized spacial score (nSPS) is 18.1. The van der Waals surface area contributed by atoms with Crippen LogP contribution in [0.25, 0.3) is 22.2 Å². The Balaban J connectivity index is 1.61. The van der Waals surface area contributed by atoms with Crippen molar-refractivity contribution < 1.29 is 21.6 Å². The third kappa shape index (κ3) is 5.17. The van der Waals surface area contributed by atoms with Gasteiger partial charge in [-0.3, -0.25) is 4.68 Å². The summed E-state index contributed by atoms with van der Waals surface area (Å²) in [6.07, 6.45) is 5.18. The van der Waals surface area contributed by atoms with Crippen LogP contribution < -0.4 is 11.5 Å². The van der Waals surface area contributed by atoms with Crippen molar-refractivity contribution in [3.8, 4) is 11.3 Å². The summed E-state index contributed by atoms with van der Waals surface area (Å²) in [7, 11) is -4.35. The van der Waals surface area contributed by atoms with Gasteiger partial charge in [-0.25, -0.2) is 26.6 Å². The summed E-state index contributed by atoms with van der Waals surface area (Å²) in [5.41, 5.74) is 13.5. The monoisotopic (exact) mass is 591 g/mol. The highest BCUT2D eigenvalue weighted by Crippen LogP contribution is 2.42. The predicted molar refractivity (Wildman–Crippen MR) is 149 cm³/mol. The van der Waals surface area contributed by atoms with Crippen molar-refractivity contribution in [3.63, 3.8) is 0 Å². The van der Waals surface area contributed by atoms with E-state index in [0.717, 1.165) is 55.5 Å². The fourth-order valence-electron chi connectivity index (χ4n) is 5.40. The second-order valence-corrected chi connectivity index (χ2v) is 13.0. The summed E-state index contributed by atoms with van der Waals surface area (Å²) >= 11 is 5.71. The quantitative estimate of drug-likeness (QED) is 0.272. The first-order chi connectivity index (χ1) is 18.9. The third-order valence-corrected chi connectivity index (χ3v) is 9.38. The summed E-state index contributed by atoms with van der Waals surface area (Å²) < 4.78 is 72.7. The van der Waals surface area contributed by atoms with Crippen molar-refractivity contribution in [2.45, 2.75) is 68.2 Å². The molecule has 0 bridgehead atoms. The Hall–Kier alpha value is -3.15. The minimum absolute atomic E-state index is 0.00933. The zero-order valence-corrected chi connectivity index (χ0v) is 23.5. The Morgan fingerprint density at radius 3 is 2.40 bits per heavy atom. The van der Waals surface area contributed by atoms with Crippen molar-refractivity contribution in [2.75, 3.05) is 5.73 Å². The van der Waals surface area contributed by atoms with Gasteiger partial charge in [-0.2, -0.15) is 5.10 Å². The average Bonchev–Trinajstić information content (AvgIpc) is 3.28. The molecular formula is C28H29ClF3N5O2S. The number of nitrogens with two attached hydrogens (primary N) is 2. The third-order valence-electron chi connectivity index (χ3n) is 7.45. The van der Waals surface area contributed by atoms with E-state index in [1.807, 2.05) is 13.8 Å². The fourth-order valence-corrected chi connectivity index (χ4v) is 6.98. The SMILES string of the molecule is CC(C)n1nc(-c2cc(F)c(CS(=O)(=O)c3ccc(Cl)cc3F)cc2F)c2c(N)ncc(C3CCC(N)CC3)c21. The van der Waals surface area contributed by atoms with E-state index in [4.69, 9.17) is 23.1 Å². The number of benzene rings is 2. The minimum atomic E-state index is -4.35. The summed E-state index contributed by atoms with van der Waals surface area (Å²) in [4.78, 5) is 3.72. The molecule has 40 heavy (non-hydrogen) atoms. The molecule has 1 saturated carbocycles. The summed E-state index contributed by atoms with van der Waals surface area (Å²) in [5.74, 6) is -3.61. The van der Waals surface area contributed by atoms with Gasteiger partial charge in [0.15, 0.2) is 9.84 Å². The maximum absolute atomic E-state index is 15.6. The van der Waals surface area contributed by atoms with Crippen LogP contribution in [0, 0.1) is 17.5 Å². The van der Waals surface area contributed by atoms with Crippen molar-refractivity contribution in [3.05, 3.63) is 70.1 Å². The smallest absolute Gasteiger partial charge is 0.185 e. The van der Waals surface area contributed by atoms with Gasteiger partial charge in [-0.1, -0.05) is 11.6 Å². The van der Waals surface area contributed by atoms with Crippen LogP contribution in [0.3, 0.4) is 0 Å². The van der Waals surface area contributed by atoms with E-state index in [0.29, 0.717) is 10.9 Å². The Morgan fingerprint density at radius 2 is 1.75 bits per heavy atom. The first-order valence-corrected chi connectivity index (χ1v) is 15.0. The van der Waals surface area contributed by atoms with Crippen LogP contribution in [0.5, 0.6) is 0 Å². The molecule has 2 heterocycles. The molecule has 7 nitrogen and oxygen atoms in total. The highest BCUT2D eigenvalue weighted by molar-refractivity contribution is 7.90. The van der Waals surface area contributed by atoms with E-state index in [-0.39, 0.29) is 40.1 Å². The fraction of sp³-hybridized carbons (Fsp3) is 0.357. The van der Waals surface area contributed by atoms with E-state index in [2.05, 4.69) is 10.1 Å². The number of halogens is 4. The van der Waals surface area contributed by atoms with Gasteiger partial charge in [-0.15, -0.1) is 0 Å². The van der Waals surface area contributed by atoms with Gasteiger partial charge in [0.05, 0.1) is 16.7 Å². The van der Waals surface area contributed by atoms with Gasteiger partial charge < -0.3 is 11.5 Å². The van der Waals surface area contributed by atoms with Crippen LogP contribution in [0.2, 0.25) is 5.02 Å². The van der Waals surface area contributed by atoms with Gasteiger partial charge in [0.2, 0.25) is 0 Å². The topological polar surface area (TPSA) is 117 Å². The van der Waals surface area contributed by atoms with E-state index in [1.54, 1.807) is 10.9 Å². The lowest BCUT2D eigenvalue weighted by Gasteiger charge is -2.27. The highest BCUT2D eigenvalue weighted by atomic mass is 35.5. The van der Waals surface area contributed by atoms with E-state index >= 15 is 8.78 Å². The molecule has 2 aromatic carbocycles. The van der Waals surface area contributed by atoms with Crippen LogP contribution in [0.1, 0.15) is 62.6 Å². The van der Waals surface area contributed by atoms with Crippen LogP contribution in [0.4, 0.5) is 19.0 Å². The minimum Gasteiger partial charge on any atom is -0.383 e. The Morgan fingerprint density at radius 1 is 1.05 bits per heavy atom. The van der Waals surface area contributed by atoms with Crippen LogP contribution in [-0.4, -0.2) is 29.2 Å². The molecule has 1 aliphatic carbocycles. The molecule has 212 valence electrons. The van der Waals surface area contributed by atoms with Gasteiger partial charge >= 0.3 is 0 Å². The lowest BCUT2D eigenvalue weighted by atomic mass is 9.82. The summed E-state index contributed by atoms with van der Waals surface area (Å²) in [6.45, 7) is 3.85.